The molecule has 1 fully saturated rings. The highest BCUT2D eigenvalue weighted by atomic mass is 32.2. The van der Waals surface area contributed by atoms with Crippen LogP contribution in [-0.4, -0.2) is 166 Å². The molecule has 1 saturated heterocycles. The lowest BCUT2D eigenvalue weighted by Gasteiger charge is -2.30. The summed E-state index contributed by atoms with van der Waals surface area (Å²) in [5.41, 5.74) is 6.45. The molecule has 1 aromatic rings. The van der Waals surface area contributed by atoms with E-state index in [-0.39, 0.29) is 37.5 Å². The number of aliphatic hydroxyl groups excluding tert-OH is 1. The van der Waals surface area contributed by atoms with Crippen molar-refractivity contribution in [3.05, 3.63) is 29.8 Å². The number of carboxylic acids is 1. The van der Waals surface area contributed by atoms with Gasteiger partial charge in [-0.2, -0.15) is 11.8 Å². The molecule has 23 nitrogen and oxygen atoms in total. The monoisotopic (exact) mass is 978 g/mol. The number of nitrogens with zero attached hydrogens (tertiary/aromatic N) is 1. The third-order valence-electron chi connectivity index (χ3n) is 11.0. The van der Waals surface area contributed by atoms with Crippen molar-refractivity contribution in [3.8, 4) is 5.75 Å². The van der Waals surface area contributed by atoms with E-state index in [0.29, 0.717) is 17.7 Å². The Bertz CT molecular complexity index is 1940. The largest absolute Gasteiger partial charge is 0.508 e. The summed E-state index contributed by atoms with van der Waals surface area (Å²) in [6, 6.07) is -3.56. The molecule has 2 rings (SSSR count). The molecule has 8 atom stereocenters. The van der Waals surface area contributed by atoms with Gasteiger partial charge >= 0.3 is 5.97 Å². The number of hydrogen-bond donors (Lipinski definition) is 12. The van der Waals surface area contributed by atoms with Gasteiger partial charge in [-0.25, -0.2) is 4.79 Å². The highest BCUT2D eigenvalue weighted by Crippen LogP contribution is 2.20. The maximum Gasteiger partial charge on any atom is 0.326 e. The first kappa shape index (κ1) is 58.1. The number of hydrogen-bond acceptors (Lipinski definition) is 14. The van der Waals surface area contributed by atoms with Crippen LogP contribution in [0.3, 0.4) is 0 Å². The molecule has 1 aromatic carbocycles. The van der Waals surface area contributed by atoms with Crippen molar-refractivity contribution in [3.63, 3.8) is 0 Å². The molecule has 13 N–H and O–H groups in total. The van der Waals surface area contributed by atoms with Gasteiger partial charge in [0.25, 0.3) is 0 Å². The van der Waals surface area contributed by atoms with Crippen LogP contribution in [0.4, 0.5) is 0 Å². The number of carbonyl (C=O) groups excluding carboxylic acids is 9. The second kappa shape index (κ2) is 28.3. The van der Waals surface area contributed by atoms with Crippen LogP contribution in [0.15, 0.2) is 24.3 Å². The van der Waals surface area contributed by atoms with Gasteiger partial charge in [-0.05, 0) is 73.6 Å². The normalized spacial score (nSPS) is 16.5. The molecule has 1 heterocycles. The van der Waals surface area contributed by atoms with E-state index < -0.39 is 139 Å². The number of aromatic hydroxyl groups is 1. The van der Waals surface area contributed by atoms with Crippen LogP contribution >= 0.6 is 11.8 Å². The third-order valence-corrected chi connectivity index (χ3v) is 11.7. The molecule has 1 aliphatic rings. The van der Waals surface area contributed by atoms with Gasteiger partial charge in [0.1, 0.15) is 48.0 Å². The van der Waals surface area contributed by atoms with E-state index in [4.69, 9.17) is 5.73 Å². The Morgan fingerprint density at radius 3 is 1.81 bits per heavy atom. The first-order valence-corrected chi connectivity index (χ1v) is 23.8. The zero-order valence-electron chi connectivity index (χ0n) is 39.9. The minimum atomic E-state index is -1.55. The van der Waals surface area contributed by atoms with Crippen LogP contribution in [0.25, 0.3) is 0 Å². The van der Waals surface area contributed by atoms with Crippen molar-refractivity contribution in [1.29, 1.82) is 0 Å². The predicted octanol–water partition coefficient (Wildman–Crippen LogP) is -2.79. The lowest BCUT2D eigenvalue weighted by atomic mass is 10.0. The molecule has 68 heavy (non-hydrogen) atoms. The first-order valence-electron chi connectivity index (χ1n) is 22.4. The van der Waals surface area contributed by atoms with Crippen LogP contribution in [0.1, 0.15) is 73.3 Å². The van der Waals surface area contributed by atoms with Crippen molar-refractivity contribution in [2.75, 3.05) is 38.2 Å². The summed E-state index contributed by atoms with van der Waals surface area (Å²) >= 11 is 1.46. The number of thioether (sulfide) groups is 1. The second-order valence-electron chi connectivity index (χ2n) is 17.6. The Kier molecular flexibility index (Phi) is 24.2. The SMILES string of the molecule is CSCC[C@H](NC(=O)[C@@H](N)C(C)C)C(=O)N[C@@H](C)C(=O)NCC(=O)N[C@H](C(=O)NCC(=O)N[C@@H](CO)C(=O)N1CCC[C@H]1C(=O)N[C@@H](Cc1ccc(O)cc1)C(=O)N[C@H](C(=O)O)C(C)C)C(C)C. The minimum Gasteiger partial charge on any atom is -0.508 e. The van der Waals surface area contributed by atoms with Crippen LogP contribution in [0, 0.1) is 17.8 Å². The maximum atomic E-state index is 13.7. The third kappa shape index (κ3) is 18.6. The fourth-order valence-corrected chi connectivity index (χ4v) is 7.33. The number of aliphatic hydroxyl groups is 1. The van der Waals surface area contributed by atoms with E-state index in [0.717, 1.165) is 4.90 Å². The number of nitrogens with two attached hydrogens (primary N) is 1. The standard InChI is InChI=1S/C44H70N10O13S/c1-22(2)34(45)41(63)50-28(15-17-68-8)38(60)48-25(7)37(59)46-20-33(58)52-35(23(3)4)42(64)47-19-32(57)49-30(21-55)43(65)54-16-9-10-31(54)40(62)51-29(18-26-11-13-27(56)14-12-26)39(61)53-36(24(5)6)44(66)67/h11-14,22-25,28-31,34-36,55-56H,9-10,15-21,45H2,1-8H3,(H,46,59)(H,47,64)(H,48,60)(H,49,57)(H,50,63)(H,51,62)(H,52,58)(H,53,61)(H,66,67)/t25-,28-,29-,30-,31-,34-,35-,36-/m0/s1. The Morgan fingerprint density at radius 2 is 1.26 bits per heavy atom. The van der Waals surface area contributed by atoms with Crippen molar-refractivity contribution in [2.24, 2.45) is 23.5 Å². The zero-order valence-corrected chi connectivity index (χ0v) is 40.7. The van der Waals surface area contributed by atoms with E-state index in [1.54, 1.807) is 41.5 Å². The molecule has 380 valence electrons. The van der Waals surface area contributed by atoms with E-state index in [1.165, 1.54) is 43.0 Å². The smallest absolute Gasteiger partial charge is 0.326 e. The molecule has 0 radical (unpaired) electrons. The molecular weight excluding hydrogens is 909 g/mol. The average Bonchev–Trinajstić information content (AvgIpc) is 3.78. The number of phenolic OH excluding ortho intramolecular Hbond substituents is 1. The highest BCUT2D eigenvalue weighted by Gasteiger charge is 2.39. The molecular formula is C44H70N10O13S. The molecule has 0 spiro atoms. The van der Waals surface area contributed by atoms with E-state index >= 15 is 0 Å². The number of likely N-dealkylation sites (tertiary alicyclic amines) is 1. The molecule has 0 bridgehead atoms. The van der Waals surface area contributed by atoms with E-state index in [2.05, 4.69) is 42.5 Å². The molecule has 9 amide bonds. The Hall–Kier alpha value is -6.01. The summed E-state index contributed by atoms with van der Waals surface area (Å²) in [5.74, 6) is -8.67. The number of carboxylic acid groups (broad SMARTS) is 1. The van der Waals surface area contributed by atoms with Crippen LogP contribution in [-0.2, 0) is 54.4 Å². The first-order chi connectivity index (χ1) is 31.9. The topological polar surface area (TPSA) is 357 Å². The number of benzene rings is 1. The van der Waals surface area contributed by atoms with Crippen molar-refractivity contribution in [2.45, 2.75) is 122 Å². The van der Waals surface area contributed by atoms with Crippen molar-refractivity contribution in [1.82, 2.24) is 47.4 Å². The summed E-state index contributed by atoms with van der Waals surface area (Å²) in [6.07, 6.45) is 2.52. The number of phenols is 1. The van der Waals surface area contributed by atoms with Gasteiger partial charge in [0.05, 0.1) is 25.7 Å². The minimum absolute atomic E-state index is 0.0392. The number of carbonyl (C=O) groups is 10. The fourth-order valence-electron chi connectivity index (χ4n) is 6.86. The van der Waals surface area contributed by atoms with Gasteiger partial charge in [0, 0.05) is 13.0 Å². The van der Waals surface area contributed by atoms with Crippen LogP contribution in [0.2, 0.25) is 0 Å². The Balaban J connectivity index is 2.01. The summed E-state index contributed by atoms with van der Waals surface area (Å²) in [7, 11) is 0. The molecule has 0 unspecified atom stereocenters. The summed E-state index contributed by atoms with van der Waals surface area (Å²) in [6.45, 7) is 9.24. The number of aliphatic carboxylic acids is 1. The van der Waals surface area contributed by atoms with Gasteiger partial charge < -0.3 is 68.5 Å². The lowest BCUT2D eigenvalue weighted by molar-refractivity contribution is -0.144. The van der Waals surface area contributed by atoms with E-state index in [9.17, 15) is 63.3 Å². The van der Waals surface area contributed by atoms with Crippen molar-refractivity contribution >= 4 is 70.9 Å². The van der Waals surface area contributed by atoms with Crippen molar-refractivity contribution < 1.29 is 63.3 Å². The maximum absolute atomic E-state index is 13.7. The van der Waals surface area contributed by atoms with E-state index in [1.807, 2.05) is 6.26 Å². The predicted molar refractivity (Wildman–Crippen MR) is 250 cm³/mol. The van der Waals surface area contributed by atoms with Gasteiger partial charge in [0.15, 0.2) is 0 Å². The average molecular weight is 979 g/mol. The van der Waals surface area contributed by atoms with Crippen LogP contribution < -0.4 is 48.3 Å². The zero-order chi connectivity index (χ0) is 51.4. The molecule has 0 saturated carbocycles. The fraction of sp³-hybridized carbons (Fsp3) is 0.636. The number of rotatable bonds is 27. The molecule has 1 aliphatic heterocycles. The van der Waals surface area contributed by atoms with Gasteiger partial charge in [-0.1, -0.05) is 53.7 Å². The molecule has 0 aliphatic carbocycles. The van der Waals surface area contributed by atoms with Gasteiger partial charge in [-0.15, -0.1) is 0 Å². The summed E-state index contributed by atoms with van der Waals surface area (Å²) < 4.78 is 0. The molecule has 0 aromatic heterocycles. The summed E-state index contributed by atoms with van der Waals surface area (Å²) in [5, 5.41) is 49.3. The number of amides is 9. The summed E-state index contributed by atoms with van der Waals surface area (Å²) in [4.78, 5) is 131. The molecule has 24 heteroatoms. The van der Waals surface area contributed by atoms with Crippen LogP contribution in [0.5, 0.6) is 5.75 Å². The van der Waals surface area contributed by atoms with Gasteiger partial charge in [0.2, 0.25) is 53.2 Å². The second-order valence-corrected chi connectivity index (χ2v) is 18.5. The Labute approximate surface area is 400 Å². The van der Waals surface area contributed by atoms with Gasteiger partial charge in [-0.3, -0.25) is 43.2 Å². The Morgan fingerprint density at radius 1 is 0.691 bits per heavy atom. The number of nitrogens with one attached hydrogen (secondary N) is 8. The lowest BCUT2D eigenvalue weighted by Crippen LogP contribution is -2.59. The highest BCUT2D eigenvalue weighted by molar-refractivity contribution is 7.98. The quantitative estimate of drug-likeness (QED) is 0.0424.